The molecule has 1 aliphatic rings. The number of aromatic nitrogens is 4. The molecule has 3 aromatic heterocycles. The lowest BCUT2D eigenvalue weighted by Crippen LogP contribution is -2.50. The van der Waals surface area contributed by atoms with Gasteiger partial charge in [-0.05, 0) is 62.7 Å². The summed E-state index contributed by atoms with van der Waals surface area (Å²) in [7, 11) is 0. The van der Waals surface area contributed by atoms with Crippen molar-refractivity contribution in [3.05, 3.63) is 90.6 Å². The second-order valence-corrected chi connectivity index (χ2v) is 10.8. The Bertz CT molecular complexity index is 1650. The van der Waals surface area contributed by atoms with Gasteiger partial charge >= 0.3 is 6.09 Å². The number of carbonyl (C=O) groups excluding carboxylic acids is 1. The van der Waals surface area contributed by atoms with Crippen LogP contribution in [0.15, 0.2) is 85.1 Å². The zero-order valence-corrected chi connectivity index (χ0v) is 22.2. The van der Waals surface area contributed by atoms with Gasteiger partial charge in [-0.2, -0.15) is 0 Å². The minimum Gasteiger partial charge on any atom is -0.444 e. The molecule has 0 atom stereocenters. The van der Waals surface area contributed by atoms with E-state index in [2.05, 4.69) is 29.2 Å². The second-order valence-electron chi connectivity index (χ2n) is 10.8. The van der Waals surface area contributed by atoms with E-state index >= 15 is 0 Å². The summed E-state index contributed by atoms with van der Waals surface area (Å²) in [6.07, 6.45) is 1.41. The number of imidazole rings is 1. The van der Waals surface area contributed by atoms with Crippen LogP contribution in [-0.4, -0.2) is 49.2 Å². The number of likely N-dealkylation sites (tertiary alicyclic amines) is 1. The number of carbonyl (C=O) groups is 1. The Morgan fingerprint density at radius 1 is 0.923 bits per heavy atom. The van der Waals surface area contributed by atoms with Crippen molar-refractivity contribution in [2.24, 2.45) is 0 Å². The van der Waals surface area contributed by atoms with Gasteiger partial charge in [0, 0.05) is 36.5 Å². The first-order valence-corrected chi connectivity index (χ1v) is 13.0. The normalized spacial score (nSPS) is 13.9. The average molecular weight is 519 g/mol. The maximum absolute atomic E-state index is 12.4. The molecule has 0 unspecified atom stereocenters. The molecule has 8 nitrogen and oxygen atoms in total. The summed E-state index contributed by atoms with van der Waals surface area (Å²) in [5.41, 5.74) is 12.0. The third-order valence-corrected chi connectivity index (χ3v) is 6.81. The zero-order valence-electron chi connectivity index (χ0n) is 22.2. The van der Waals surface area contributed by atoms with Gasteiger partial charge in [0.15, 0.2) is 11.5 Å². The molecular formula is C31H30N6O2. The summed E-state index contributed by atoms with van der Waals surface area (Å²) < 4.78 is 7.53. The monoisotopic (exact) mass is 518 g/mol. The molecule has 39 heavy (non-hydrogen) atoms. The number of benzene rings is 2. The van der Waals surface area contributed by atoms with Crippen molar-refractivity contribution in [3.63, 3.8) is 0 Å². The summed E-state index contributed by atoms with van der Waals surface area (Å²) in [5.74, 6) is 1.36. The molecule has 0 aliphatic carbocycles. The Morgan fingerprint density at radius 2 is 1.67 bits per heavy atom. The average Bonchev–Trinajstić information content (AvgIpc) is 3.26. The highest BCUT2D eigenvalue weighted by Gasteiger charge is 2.34. The van der Waals surface area contributed by atoms with Gasteiger partial charge < -0.3 is 15.4 Å². The van der Waals surface area contributed by atoms with E-state index < -0.39 is 5.60 Å². The third-order valence-electron chi connectivity index (χ3n) is 6.81. The highest BCUT2D eigenvalue weighted by Crippen LogP contribution is 2.33. The van der Waals surface area contributed by atoms with E-state index in [1.165, 1.54) is 5.56 Å². The van der Waals surface area contributed by atoms with E-state index in [0.29, 0.717) is 24.7 Å². The predicted molar refractivity (Wildman–Crippen MR) is 152 cm³/mol. The fraction of sp³-hybridized carbons (Fsp3) is 0.226. The van der Waals surface area contributed by atoms with Crippen LogP contribution in [0, 0.1) is 0 Å². The van der Waals surface area contributed by atoms with E-state index in [1.54, 1.807) is 11.1 Å². The van der Waals surface area contributed by atoms with Gasteiger partial charge in [0.05, 0.1) is 11.3 Å². The molecular weight excluding hydrogens is 488 g/mol. The van der Waals surface area contributed by atoms with Crippen molar-refractivity contribution in [1.82, 2.24) is 24.4 Å². The molecule has 1 saturated heterocycles. The van der Waals surface area contributed by atoms with E-state index in [4.69, 9.17) is 20.4 Å². The summed E-state index contributed by atoms with van der Waals surface area (Å²) in [6.45, 7) is 6.92. The molecule has 1 fully saturated rings. The first kappa shape index (κ1) is 24.6. The van der Waals surface area contributed by atoms with Crippen LogP contribution >= 0.6 is 0 Å². The molecule has 8 heteroatoms. The van der Waals surface area contributed by atoms with Crippen molar-refractivity contribution in [1.29, 1.82) is 0 Å². The Kier molecular flexibility index (Phi) is 6.02. The first-order valence-electron chi connectivity index (χ1n) is 13.0. The molecule has 0 bridgehead atoms. The number of ether oxygens (including phenoxy) is 1. The molecule has 0 radical (unpaired) electrons. The van der Waals surface area contributed by atoms with Crippen LogP contribution in [0.2, 0.25) is 0 Å². The summed E-state index contributed by atoms with van der Waals surface area (Å²) >= 11 is 0. The first-order chi connectivity index (χ1) is 18.8. The Hall–Kier alpha value is -4.72. The molecule has 196 valence electrons. The van der Waals surface area contributed by atoms with Gasteiger partial charge in [-0.15, -0.1) is 0 Å². The molecule has 6 rings (SSSR count). The highest BCUT2D eigenvalue weighted by atomic mass is 16.6. The van der Waals surface area contributed by atoms with Crippen molar-refractivity contribution in [3.8, 4) is 28.3 Å². The second kappa shape index (κ2) is 9.54. The van der Waals surface area contributed by atoms with Crippen LogP contribution < -0.4 is 5.73 Å². The number of rotatable bonds is 4. The lowest BCUT2D eigenvalue weighted by molar-refractivity contribution is 0.00819. The predicted octanol–water partition coefficient (Wildman–Crippen LogP) is 6.07. The largest absolute Gasteiger partial charge is 0.444 e. The van der Waals surface area contributed by atoms with Gasteiger partial charge in [-0.3, -0.25) is 4.57 Å². The Balaban J connectivity index is 1.36. The lowest BCUT2D eigenvalue weighted by Gasteiger charge is -2.40. The van der Waals surface area contributed by atoms with Crippen LogP contribution in [0.1, 0.15) is 32.3 Å². The molecule has 0 spiro atoms. The number of pyridine rings is 2. The molecule has 4 heterocycles. The number of nitrogens with two attached hydrogens (primary N) is 1. The minimum atomic E-state index is -0.499. The third kappa shape index (κ3) is 4.81. The molecule has 5 aromatic rings. The SMILES string of the molecule is CC(C)(C)OC(=O)N1CC(c2ccc(-n3c(-c4cccnc4N)nc4ccc(-c5ccccc5)nc43)cc2)C1. The van der Waals surface area contributed by atoms with Gasteiger partial charge in [0.1, 0.15) is 16.9 Å². The van der Waals surface area contributed by atoms with E-state index in [-0.39, 0.29) is 12.0 Å². The maximum Gasteiger partial charge on any atom is 0.410 e. The number of hydrogen-bond acceptors (Lipinski definition) is 6. The highest BCUT2D eigenvalue weighted by molar-refractivity contribution is 5.84. The fourth-order valence-corrected chi connectivity index (χ4v) is 4.82. The number of nitrogens with zero attached hydrogens (tertiary/aromatic N) is 5. The number of anilines is 1. The molecule has 1 aliphatic heterocycles. The van der Waals surface area contributed by atoms with Crippen LogP contribution in [0.4, 0.5) is 10.6 Å². The van der Waals surface area contributed by atoms with Crippen molar-refractivity contribution in [2.45, 2.75) is 32.3 Å². The minimum absolute atomic E-state index is 0.265. The summed E-state index contributed by atoms with van der Waals surface area (Å²) in [6, 6.07) is 26.2. The smallest absolute Gasteiger partial charge is 0.410 e. The number of fused-ring (bicyclic) bond motifs is 1. The molecule has 2 aromatic carbocycles. The fourth-order valence-electron chi connectivity index (χ4n) is 4.82. The zero-order chi connectivity index (χ0) is 27.1. The lowest BCUT2D eigenvalue weighted by atomic mass is 9.92. The molecule has 1 amide bonds. The quantitative estimate of drug-likeness (QED) is 0.310. The van der Waals surface area contributed by atoms with E-state index in [0.717, 1.165) is 33.7 Å². The van der Waals surface area contributed by atoms with Crippen LogP contribution in [0.25, 0.3) is 39.5 Å². The number of hydrogen-bond donors (Lipinski definition) is 1. The molecule has 0 saturated carbocycles. The van der Waals surface area contributed by atoms with Crippen LogP contribution in [-0.2, 0) is 4.74 Å². The van der Waals surface area contributed by atoms with Crippen LogP contribution in [0.5, 0.6) is 0 Å². The van der Waals surface area contributed by atoms with Gasteiger partial charge in [-0.1, -0.05) is 42.5 Å². The van der Waals surface area contributed by atoms with Gasteiger partial charge in [0.25, 0.3) is 0 Å². The molecule has 2 N–H and O–H groups in total. The topological polar surface area (TPSA) is 99.2 Å². The van der Waals surface area contributed by atoms with Gasteiger partial charge in [0.2, 0.25) is 0 Å². The van der Waals surface area contributed by atoms with Crippen molar-refractivity contribution >= 4 is 23.1 Å². The standard InChI is InChI=1S/C31H30N6O2/c1-31(2,3)39-30(38)36-18-22(19-36)20-11-13-23(14-12-20)37-28(24-10-7-17-33-27(24)32)35-26-16-15-25(34-29(26)37)21-8-5-4-6-9-21/h4-17,22H,18-19H2,1-3H3,(H2,32,33). The van der Waals surface area contributed by atoms with E-state index in [1.807, 2.05) is 79.9 Å². The number of nitrogen functional groups attached to an aromatic ring is 1. The summed E-state index contributed by atoms with van der Waals surface area (Å²) in [4.78, 5) is 28.3. The van der Waals surface area contributed by atoms with Crippen LogP contribution in [0.3, 0.4) is 0 Å². The Morgan fingerprint density at radius 3 is 2.36 bits per heavy atom. The number of amides is 1. The van der Waals surface area contributed by atoms with Crippen molar-refractivity contribution < 1.29 is 9.53 Å². The van der Waals surface area contributed by atoms with Gasteiger partial charge in [-0.25, -0.2) is 19.7 Å². The van der Waals surface area contributed by atoms with Crippen molar-refractivity contribution in [2.75, 3.05) is 18.8 Å². The maximum atomic E-state index is 12.4. The Labute approximate surface area is 227 Å². The van der Waals surface area contributed by atoms with E-state index in [9.17, 15) is 4.79 Å². The summed E-state index contributed by atoms with van der Waals surface area (Å²) in [5, 5.41) is 0.